The van der Waals surface area contributed by atoms with Crippen LogP contribution >= 0.6 is 0 Å². The quantitative estimate of drug-likeness (QED) is 0.854. The molecule has 1 saturated heterocycles. The minimum absolute atomic E-state index is 0.406. The Hall–Kier alpha value is -2.50. The van der Waals surface area contributed by atoms with Gasteiger partial charge in [0, 0.05) is 32.4 Å². The summed E-state index contributed by atoms with van der Waals surface area (Å²) in [6.07, 6.45) is 1.71. The zero-order valence-corrected chi connectivity index (χ0v) is 11.9. The van der Waals surface area contributed by atoms with Gasteiger partial charge >= 0.3 is 0 Å². The van der Waals surface area contributed by atoms with E-state index < -0.39 is 23.1 Å². The van der Waals surface area contributed by atoms with Crippen molar-refractivity contribution in [3.8, 4) is 0 Å². The highest BCUT2D eigenvalue weighted by atomic mass is 19.1. The Morgan fingerprint density at radius 3 is 2.23 bits per heavy atom. The summed E-state index contributed by atoms with van der Waals surface area (Å²) < 4.78 is 27.4. The molecule has 1 aliphatic rings. The Bertz CT molecular complexity index is 650. The number of pyridine rings is 1. The molecular weight excluding hydrogens is 288 g/mol. The first-order chi connectivity index (χ1) is 10.7. The molecule has 0 aliphatic carbocycles. The van der Waals surface area contributed by atoms with Gasteiger partial charge in [0.05, 0.1) is 0 Å². The number of piperazine rings is 1. The van der Waals surface area contributed by atoms with Gasteiger partial charge in [0.2, 0.25) is 0 Å². The number of benzene rings is 1. The number of aromatic nitrogens is 1. The van der Waals surface area contributed by atoms with Crippen LogP contribution in [0.4, 0.5) is 14.6 Å². The lowest BCUT2D eigenvalue weighted by molar-refractivity contribution is 0.0736. The Labute approximate surface area is 127 Å². The van der Waals surface area contributed by atoms with Gasteiger partial charge in [-0.25, -0.2) is 13.8 Å². The van der Waals surface area contributed by atoms with E-state index in [2.05, 4.69) is 4.98 Å². The van der Waals surface area contributed by atoms with E-state index in [9.17, 15) is 13.6 Å². The van der Waals surface area contributed by atoms with Crippen LogP contribution in [0.2, 0.25) is 0 Å². The van der Waals surface area contributed by atoms with Crippen molar-refractivity contribution in [3.63, 3.8) is 0 Å². The summed E-state index contributed by atoms with van der Waals surface area (Å²) in [5, 5.41) is 0. The molecule has 0 N–H and O–H groups in total. The molecule has 1 aliphatic heterocycles. The average Bonchev–Trinajstić information content (AvgIpc) is 2.55. The summed E-state index contributed by atoms with van der Waals surface area (Å²) in [5.41, 5.74) is -0.478. The van der Waals surface area contributed by atoms with E-state index in [1.54, 1.807) is 6.20 Å². The smallest absolute Gasteiger partial charge is 0.259 e. The van der Waals surface area contributed by atoms with Crippen LogP contribution in [0.3, 0.4) is 0 Å². The zero-order chi connectivity index (χ0) is 15.5. The lowest BCUT2D eigenvalue weighted by atomic mass is 10.1. The molecule has 0 spiro atoms. The molecule has 114 valence electrons. The van der Waals surface area contributed by atoms with Crippen LogP contribution in [0, 0.1) is 11.6 Å². The maximum absolute atomic E-state index is 13.7. The number of halogens is 2. The highest BCUT2D eigenvalue weighted by molar-refractivity contribution is 5.95. The van der Waals surface area contributed by atoms with E-state index in [4.69, 9.17) is 0 Å². The van der Waals surface area contributed by atoms with Crippen molar-refractivity contribution in [1.82, 2.24) is 9.88 Å². The largest absolute Gasteiger partial charge is 0.353 e. The summed E-state index contributed by atoms with van der Waals surface area (Å²) in [5.74, 6) is -1.41. The first-order valence-corrected chi connectivity index (χ1v) is 7.06. The van der Waals surface area contributed by atoms with E-state index in [-0.39, 0.29) is 0 Å². The fourth-order valence-electron chi connectivity index (χ4n) is 2.54. The van der Waals surface area contributed by atoms with Gasteiger partial charge < -0.3 is 9.80 Å². The molecule has 2 heterocycles. The third kappa shape index (κ3) is 2.77. The van der Waals surface area contributed by atoms with E-state index >= 15 is 0 Å². The highest BCUT2D eigenvalue weighted by Gasteiger charge is 2.26. The summed E-state index contributed by atoms with van der Waals surface area (Å²) in [7, 11) is 0. The monoisotopic (exact) mass is 303 g/mol. The Morgan fingerprint density at radius 2 is 1.64 bits per heavy atom. The normalized spacial score (nSPS) is 15.0. The second-order valence-corrected chi connectivity index (χ2v) is 5.06. The molecule has 1 aromatic carbocycles. The fraction of sp³-hybridized carbons (Fsp3) is 0.250. The van der Waals surface area contributed by atoms with Crippen molar-refractivity contribution in [3.05, 3.63) is 59.8 Å². The van der Waals surface area contributed by atoms with Gasteiger partial charge in [0.25, 0.3) is 5.91 Å². The van der Waals surface area contributed by atoms with Crippen LogP contribution in [0.15, 0.2) is 42.6 Å². The van der Waals surface area contributed by atoms with Crippen molar-refractivity contribution in [2.75, 3.05) is 31.1 Å². The van der Waals surface area contributed by atoms with Gasteiger partial charge in [-0.2, -0.15) is 0 Å². The Morgan fingerprint density at radius 1 is 0.955 bits per heavy atom. The maximum atomic E-state index is 13.7. The second-order valence-electron chi connectivity index (χ2n) is 5.06. The second kappa shape index (κ2) is 6.09. The standard InChI is InChI=1S/C16H15F2N3O/c17-12-4-3-5-13(18)15(12)16(22)21-10-8-20(9-11-21)14-6-1-2-7-19-14/h1-7H,8-11H2. The van der Waals surface area contributed by atoms with Gasteiger partial charge in [-0.3, -0.25) is 4.79 Å². The van der Waals surface area contributed by atoms with Crippen LogP contribution in [-0.2, 0) is 0 Å². The van der Waals surface area contributed by atoms with Crippen molar-refractivity contribution >= 4 is 11.7 Å². The molecule has 1 aromatic heterocycles. The molecule has 1 fully saturated rings. The van der Waals surface area contributed by atoms with Crippen molar-refractivity contribution in [2.45, 2.75) is 0 Å². The average molecular weight is 303 g/mol. The first kappa shape index (κ1) is 14.4. The van der Waals surface area contributed by atoms with Gasteiger partial charge in [0.15, 0.2) is 0 Å². The van der Waals surface area contributed by atoms with Crippen LogP contribution in [0.25, 0.3) is 0 Å². The number of hydrogen-bond donors (Lipinski definition) is 0. The maximum Gasteiger partial charge on any atom is 0.259 e. The number of rotatable bonds is 2. The number of carbonyl (C=O) groups is 1. The minimum atomic E-state index is -0.822. The first-order valence-electron chi connectivity index (χ1n) is 7.06. The number of carbonyl (C=O) groups excluding carboxylic acids is 1. The van der Waals surface area contributed by atoms with Gasteiger partial charge in [-0.05, 0) is 24.3 Å². The number of nitrogens with zero attached hydrogens (tertiary/aromatic N) is 3. The van der Waals surface area contributed by atoms with E-state index in [1.807, 2.05) is 23.1 Å². The molecule has 0 bridgehead atoms. The molecule has 0 saturated carbocycles. The molecule has 6 heteroatoms. The van der Waals surface area contributed by atoms with Crippen molar-refractivity contribution in [2.24, 2.45) is 0 Å². The molecule has 22 heavy (non-hydrogen) atoms. The van der Waals surface area contributed by atoms with Crippen molar-refractivity contribution < 1.29 is 13.6 Å². The molecule has 3 rings (SSSR count). The SMILES string of the molecule is O=C(c1c(F)cccc1F)N1CCN(c2ccccn2)CC1. The van der Waals surface area contributed by atoms with E-state index in [0.29, 0.717) is 26.2 Å². The van der Waals surface area contributed by atoms with E-state index in [1.165, 1.54) is 11.0 Å². The lowest BCUT2D eigenvalue weighted by Gasteiger charge is -2.35. The number of amides is 1. The van der Waals surface area contributed by atoms with Crippen LogP contribution in [0.5, 0.6) is 0 Å². The zero-order valence-electron chi connectivity index (χ0n) is 11.9. The lowest BCUT2D eigenvalue weighted by Crippen LogP contribution is -2.49. The van der Waals surface area contributed by atoms with Gasteiger partial charge in [-0.15, -0.1) is 0 Å². The predicted octanol–water partition coefficient (Wildman–Crippen LogP) is 2.32. The Balaban J connectivity index is 1.70. The predicted molar refractivity (Wildman–Crippen MR) is 78.7 cm³/mol. The fourth-order valence-corrected chi connectivity index (χ4v) is 2.54. The molecule has 2 aromatic rings. The Kier molecular flexibility index (Phi) is 4.00. The summed E-state index contributed by atoms with van der Waals surface area (Å²) in [6.45, 7) is 1.98. The molecule has 1 amide bonds. The third-order valence-electron chi connectivity index (χ3n) is 3.72. The number of hydrogen-bond acceptors (Lipinski definition) is 3. The molecule has 0 atom stereocenters. The van der Waals surface area contributed by atoms with Crippen LogP contribution in [0.1, 0.15) is 10.4 Å². The van der Waals surface area contributed by atoms with Crippen LogP contribution in [-0.4, -0.2) is 42.0 Å². The van der Waals surface area contributed by atoms with E-state index in [0.717, 1.165) is 18.0 Å². The van der Waals surface area contributed by atoms with Crippen LogP contribution < -0.4 is 4.90 Å². The highest BCUT2D eigenvalue weighted by Crippen LogP contribution is 2.18. The molecule has 0 unspecified atom stereocenters. The van der Waals surface area contributed by atoms with Gasteiger partial charge in [0.1, 0.15) is 23.0 Å². The van der Waals surface area contributed by atoms with Crippen molar-refractivity contribution in [1.29, 1.82) is 0 Å². The molecular formula is C16H15F2N3O. The minimum Gasteiger partial charge on any atom is -0.353 e. The third-order valence-corrected chi connectivity index (χ3v) is 3.72. The van der Waals surface area contributed by atoms with Gasteiger partial charge in [-0.1, -0.05) is 12.1 Å². The topological polar surface area (TPSA) is 36.4 Å². The summed E-state index contributed by atoms with van der Waals surface area (Å²) >= 11 is 0. The number of anilines is 1. The summed E-state index contributed by atoms with van der Waals surface area (Å²) in [4.78, 5) is 20.1. The summed E-state index contributed by atoms with van der Waals surface area (Å²) in [6, 6.07) is 9.08. The molecule has 4 nitrogen and oxygen atoms in total. The molecule has 0 radical (unpaired) electrons.